The van der Waals surface area contributed by atoms with Gasteiger partial charge in [-0.15, -0.1) is 12.4 Å². The van der Waals surface area contributed by atoms with Crippen molar-refractivity contribution in [1.29, 1.82) is 0 Å². The van der Waals surface area contributed by atoms with Crippen molar-refractivity contribution in [2.24, 2.45) is 5.73 Å². The number of nitrogens with two attached hydrogens (primary N) is 1. The molecule has 0 amide bonds. The van der Waals surface area contributed by atoms with Gasteiger partial charge in [-0.1, -0.05) is 18.0 Å². The van der Waals surface area contributed by atoms with Gasteiger partial charge >= 0.3 is 0 Å². The lowest BCUT2D eigenvalue weighted by molar-refractivity contribution is 0.372. The lowest BCUT2D eigenvalue weighted by Gasteiger charge is -2.18. The predicted molar refractivity (Wildman–Crippen MR) is 92.7 cm³/mol. The number of nitrogens with zero attached hydrogens (tertiary/aromatic N) is 3. The summed E-state index contributed by atoms with van der Waals surface area (Å²) in [6.07, 6.45) is 6.14. The van der Waals surface area contributed by atoms with E-state index in [9.17, 15) is 4.39 Å². The summed E-state index contributed by atoms with van der Waals surface area (Å²) >= 11 is 0. The van der Waals surface area contributed by atoms with E-state index in [0.29, 0.717) is 23.0 Å². The highest BCUT2D eigenvalue weighted by atomic mass is 35.5. The Bertz CT molecular complexity index is 708. The Morgan fingerprint density at radius 1 is 1.12 bits per heavy atom. The van der Waals surface area contributed by atoms with Gasteiger partial charge in [0.1, 0.15) is 5.82 Å². The van der Waals surface area contributed by atoms with Crippen molar-refractivity contribution in [1.82, 2.24) is 10.1 Å². The summed E-state index contributed by atoms with van der Waals surface area (Å²) in [7, 11) is 0. The van der Waals surface area contributed by atoms with Crippen LogP contribution in [0.1, 0.15) is 44.3 Å². The summed E-state index contributed by atoms with van der Waals surface area (Å²) in [5, 5.41) is 4.03. The van der Waals surface area contributed by atoms with Gasteiger partial charge in [0.05, 0.1) is 11.2 Å². The minimum absolute atomic E-state index is 0. The van der Waals surface area contributed by atoms with Crippen LogP contribution >= 0.6 is 12.4 Å². The molecular formula is C17H22ClFN4O. The van der Waals surface area contributed by atoms with E-state index < -0.39 is 5.54 Å². The molecule has 1 aliphatic carbocycles. The lowest BCUT2D eigenvalue weighted by atomic mass is 9.99. The molecule has 1 aromatic carbocycles. The summed E-state index contributed by atoms with van der Waals surface area (Å²) < 4.78 is 19.7. The van der Waals surface area contributed by atoms with Crippen LogP contribution in [0.4, 0.5) is 10.1 Å². The lowest BCUT2D eigenvalue weighted by Crippen LogP contribution is -2.34. The zero-order chi connectivity index (χ0) is 15.9. The van der Waals surface area contributed by atoms with Gasteiger partial charge in [-0.3, -0.25) is 0 Å². The molecule has 2 aromatic rings. The number of hydrogen-bond acceptors (Lipinski definition) is 5. The Labute approximate surface area is 146 Å². The molecule has 130 valence electrons. The molecule has 2 aliphatic rings. The van der Waals surface area contributed by atoms with E-state index >= 15 is 0 Å². The molecule has 7 heteroatoms. The first kappa shape index (κ1) is 17.2. The van der Waals surface area contributed by atoms with Crippen LogP contribution < -0.4 is 10.6 Å². The zero-order valence-corrected chi connectivity index (χ0v) is 14.3. The first-order valence-corrected chi connectivity index (χ1v) is 8.34. The number of aromatic nitrogens is 2. The first-order valence-electron chi connectivity index (χ1n) is 8.34. The molecule has 0 unspecified atom stereocenters. The van der Waals surface area contributed by atoms with Crippen molar-refractivity contribution in [2.45, 2.75) is 44.1 Å². The number of halogens is 2. The van der Waals surface area contributed by atoms with Crippen molar-refractivity contribution >= 4 is 18.1 Å². The normalized spacial score (nSPS) is 19.5. The summed E-state index contributed by atoms with van der Waals surface area (Å²) in [6, 6.07) is 5.11. The van der Waals surface area contributed by atoms with Gasteiger partial charge in [-0.2, -0.15) is 4.98 Å². The van der Waals surface area contributed by atoms with E-state index in [2.05, 4.69) is 15.0 Å². The van der Waals surface area contributed by atoms with Gasteiger partial charge in [0.25, 0.3) is 5.89 Å². The van der Waals surface area contributed by atoms with Gasteiger partial charge in [0.15, 0.2) is 5.82 Å². The van der Waals surface area contributed by atoms with Crippen molar-refractivity contribution in [3.05, 3.63) is 29.8 Å². The fourth-order valence-electron chi connectivity index (χ4n) is 3.63. The monoisotopic (exact) mass is 352 g/mol. The maximum absolute atomic E-state index is 14.4. The summed E-state index contributed by atoms with van der Waals surface area (Å²) in [5.74, 6) is 0.630. The van der Waals surface area contributed by atoms with Crippen LogP contribution in [0.15, 0.2) is 22.7 Å². The Morgan fingerprint density at radius 3 is 2.50 bits per heavy atom. The molecule has 24 heavy (non-hydrogen) atoms. The van der Waals surface area contributed by atoms with E-state index in [0.717, 1.165) is 51.6 Å². The molecule has 0 bridgehead atoms. The third-order valence-electron chi connectivity index (χ3n) is 5.01. The highest BCUT2D eigenvalue weighted by molar-refractivity contribution is 5.85. The van der Waals surface area contributed by atoms with Crippen LogP contribution in [0.3, 0.4) is 0 Å². The second-order valence-electron chi connectivity index (χ2n) is 6.65. The van der Waals surface area contributed by atoms with Crippen LogP contribution in [-0.4, -0.2) is 23.2 Å². The van der Waals surface area contributed by atoms with E-state index in [1.807, 2.05) is 6.07 Å². The molecule has 4 rings (SSSR count). The molecule has 1 saturated heterocycles. The highest BCUT2D eigenvalue weighted by Crippen LogP contribution is 2.36. The molecule has 5 nitrogen and oxygen atoms in total. The number of anilines is 1. The molecule has 0 spiro atoms. The summed E-state index contributed by atoms with van der Waals surface area (Å²) in [6.45, 7) is 1.83. The van der Waals surface area contributed by atoms with E-state index in [1.54, 1.807) is 6.07 Å². The molecule has 1 aromatic heterocycles. The van der Waals surface area contributed by atoms with Gasteiger partial charge in [-0.25, -0.2) is 4.39 Å². The Hall–Kier alpha value is -1.66. The molecule has 1 saturated carbocycles. The molecular weight excluding hydrogens is 331 g/mol. The van der Waals surface area contributed by atoms with Crippen LogP contribution in [0, 0.1) is 5.82 Å². The average molecular weight is 353 g/mol. The summed E-state index contributed by atoms with van der Waals surface area (Å²) in [4.78, 5) is 6.49. The maximum Gasteiger partial charge on any atom is 0.258 e. The molecule has 0 radical (unpaired) electrons. The van der Waals surface area contributed by atoms with Gasteiger partial charge < -0.3 is 15.2 Å². The molecule has 1 aliphatic heterocycles. The fourth-order valence-corrected chi connectivity index (χ4v) is 3.63. The van der Waals surface area contributed by atoms with Crippen LogP contribution in [0.25, 0.3) is 11.5 Å². The van der Waals surface area contributed by atoms with Crippen molar-refractivity contribution in [3.63, 3.8) is 0 Å². The standard InChI is InChI=1S/C17H21FN4O.ClH/c18-13-11-12(5-6-14(13)22-9-3-4-10-22)15-20-16(21-23-15)17(19)7-1-2-8-17;/h5-6,11H,1-4,7-10,19H2;1H. The van der Waals surface area contributed by atoms with Crippen LogP contribution in [-0.2, 0) is 5.54 Å². The van der Waals surface area contributed by atoms with Gasteiger partial charge in [-0.05, 0) is 43.9 Å². The largest absolute Gasteiger partial charge is 0.369 e. The van der Waals surface area contributed by atoms with Crippen molar-refractivity contribution in [2.75, 3.05) is 18.0 Å². The molecule has 0 atom stereocenters. The van der Waals surface area contributed by atoms with Crippen LogP contribution in [0.2, 0.25) is 0 Å². The van der Waals surface area contributed by atoms with Crippen molar-refractivity contribution in [3.8, 4) is 11.5 Å². The Morgan fingerprint density at radius 2 is 1.83 bits per heavy atom. The Kier molecular flexibility index (Phi) is 4.78. The van der Waals surface area contributed by atoms with E-state index in [1.165, 1.54) is 6.07 Å². The third-order valence-corrected chi connectivity index (χ3v) is 5.01. The first-order chi connectivity index (χ1) is 11.2. The molecule has 2 heterocycles. The number of benzene rings is 1. The minimum atomic E-state index is -0.490. The number of rotatable bonds is 3. The number of hydrogen-bond donors (Lipinski definition) is 1. The molecule has 2 N–H and O–H groups in total. The second kappa shape index (κ2) is 6.69. The second-order valence-corrected chi connectivity index (χ2v) is 6.65. The quantitative estimate of drug-likeness (QED) is 0.913. The fraction of sp³-hybridized carbons (Fsp3) is 0.529. The molecule has 2 fully saturated rings. The van der Waals surface area contributed by atoms with Gasteiger partial charge in [0.2, 0.25) is 0 Å². The topological polar surface area (TPSA) is 68.2 Å². The predicted octanol–water partition coefficient (Wildman–Crippen LogP) is 3.63. The maximum atomic E-state index is 14.4. The van der Waals surface area contributed by atoms with Crippen molar-refractivity contribution < 1.29 is 8.91 Å². The van der Waals surface area contributed by atoms with E-state index in [4.69, 9.17) is 10.3 Å². The van der Waals surface area contributed by atoms with Crippen LogP contribution in [0.5, 0.6) is 0 Å². The van der Waals surface area contributed by atoms with E-state index in [-0.39, 0.29) is 18.2 Å². The summed E-state index contributed by atoms with van der Waals surface area (Å²) in [5.41, 5.74) is 7.11. The third kappa shape index (κ3) is 3.00. The Balaban J connectivity index is 0.00000169. The van der Waals surface area contributed by atoms with Gasteiger partial charge in [0, 0.05) is 18.7 Å². The average Bonchev–Trinajstić information content (AvgIpc) is 3.29. The zero-order valence-electron chi connectivity index (χ0n) is 13.5. The smallest absolute Gasteiger partial charge is 0.258 e. The minimum Gasteiger partial charge on any atom is -0.369 e. The SMILES string of the molecule is Cl.NC1(c2noc(-c3ccc(N4CCCC4)c(F)c3)n2)CCCC1. The highest BCUT2D eigenvalue weighted by Gasteiger charge is 2.36.